The SMILES string of the molecule is COc1ccc(OC2CCN(C(C)=O)CC2)c(C(=O)N2CCCO[C@@H](C)C2)c1. The zero-order chi connectivity index (χ0) is 20.1. The molecule has 2 heterocycles. The van der Waals surface area contributed by atoms with E-state index in [0.29, 0.717) is 49.8 Å². The number of hydrogen-bond acceptors (Lipinski definition) is 5. The first-order valence-corrected chi connectivity index (χ1v) is 9.99. The van der Waals surface area contributed by atoms with E-state index in [-0.39, 0.29) is 24.0 Å². The molecule has 0 spiro atoms. The van der Waals surface area contributed by atoms with Crippen LogP contribution in [0.5, 0.6) is 11.5 Å². The van der Waals surface area contributed by atoms with Gasteiger partial charge in [0.15, 0.2) is 0 Å². The van der Waals surface area contributed by atoms with Crippen LogP contribution in [0.1, 0.15) is 43.5 Å². The van der Waals surface area contributed by atoms with Gasteiger partial charge in [-0.1, -0.05) is 0 Å². The van der Waals surface area contributed by atoms with E-state index in [1.54, 1.807) is 26.2 Å². The second-order valence-corrected chi connectivity index (χ2v) is 7.47. The lowest BCUT2D eigenvalue weighted by molar-refractivity contribution is -0.130. The van der Waals surface area contributed by atoms with Gasteiger partial charge in [0, 0.05) is 52.6 Å². The second-order valence-electron chi connectivity index (χ2n) is 7.47. The van der Waals surface area contributed by atoms with Crippen LogP contribution in [0.3, 0.4) is 0 Å². The quantitative estimate of drug-likeness (QED) is 0.789. The fraction of sp³-hybridized carbons (Fsp3) is 0.619. The van der Waals surface area contributed by atoms with Crippen molar-refractivity contribution in [3.63, 3.8) is 0 Å². The molecule has 2 saturated heterocycles. The summed E-state index contributed by atoms with van der Waals surface area (Å²) in [5.74, 6) is 1.23. The molecule has 1 aromatic rings. The first-order chi connectivity index (χ1) is 13.5. The van der Waals surface area contributed by atoms with E-state index < -0.39 is 0 Å². The summed E-state index contributed by atoms with van der Waals surface area (Å²) in [6, 6.07) is 5.37. The van der Waals surface area contributed by atoms with E-state index in [0.717, 1.165) is 19.3 Å². The van der Waals surface area contributed by atoms with Crippen molar-refractivity contribution >= 4 is 11.8 Å². The van der Waals surface area contributed by atoms with Crippen LogP contribution in [0.15, 0.2) is 18.2 Å². The van der Waals surface area contributed by atoms with E-state index in [4.69, 9.17) is 14.2 Å². The van der Waals surface area contributed by atoms with Crippen LogP contribution in [-0.4, -0.2) is 73.7 Å². The van der Waals surface area contributed by atoms with Gasteiger partial charge in [0.05, 0.1) is 18.8 Å². The van der Waals surface area contributed by atoms with E-state index >= 15 is 0 Å². The molecule has 3 rings (SSSR count). The van der Waals surface area contributed by atoms with Crippen molar-refractivity contribution in [3.8, 4) is 11.5 Å². The summed E-state index contributed by atoms with van der Waals surface area (Å²) >= 11 is 0. The normalized spacial score (nSPS) is 21.2. The standard InChI is InChI=1S/C21H30N2O5/c1-15-14-23(9-4-12-27-15)21(25)19-13-18(26-3)5-6-20(19)28-17-7-10-22(11-8-17)16(2)24/h5-6,13,15,17H,4,7-12,14H2,1-3H3/t15-/m0/s1. The van der Waals surface area contributed by atoms with Crippen molar-refractivity contribution < 1.29 is 23.8 Å². The Bertz CT molecular complexity index is 700. The highest BCUT2D eigenvalue weighted by atomic mass is 16.5. The molecule has 28 heavy (non-hydrogen) atoms. The highest BCUT2D eigenvalue weighted by Gasteiger charge is 2.27. The van der Waals surface area contributed by atoms with Crippen LogP contribution in [0.25, 0.3) is 0 Å². The number of methoxy groups -OCH3 is 1. The Morgan fingerprint density at radius 1 is 1.14 bits per heavy atom. The highest BCUT2D eigenvalue weighted by Crippen LogP contribution is 2.29. The number of likely N-dealkylation sites (tertiary alicyclic amines) is 1. The van der Waals surface area contributed by atoms with Gasteiger partial charge < -0.3 is 24.0 Å². The van der Waals surface area contributed by atoms with Crippen LogP contribution in [0.4, 0.5) is 0 Å². The predicted molar refractivity (Wildman–Crippen MR) is 105 cm³/mol. The molecule has 2 amide bonds. The van der Waals surface area contributed by atoms with Crippen molar-refractivity contribution in [2.75, 3.05) is 39.9 Å². The molecule has 0 N–H and O–H groups in total. The Hall–Kier alpha value is -2.28. The van der Waals surface area contributed by atoms with Crippen molar-refractivity contribution in [2.24, 2.45) is 0 Å². The number of rotatable bonds is 4. The average molecular weight is 390 g/mol. The highest BCUT2D eigenvalue weighted by molar-refractivity contribution is 5.97. The number of carbonyl (C=O) groups is 2. The monoisotopic (exact) mass is 390 g/mol. The van der Waals surface area contributed by atoms with Gasteiger partial charge in [-0.2, -0.15) is 0 Å². The number of amides is 2. The summed E-state index contributed by atoms with van der Waals surface area (Å²) in [4.78, 5) is 28.4. The third kappa shape index (κ3) is 4.95. The smallest absolute Gasteiger partial charge is 0.257 e. The van der Waals surface area contributed by atoms with E-state index in [2.05, 4.69) is 0 Å². The van der Waals surface area contributed by atoms with E-state index in [1.165, 1.54) is 0 Å². The first-order valence-electron chi connectivity index (χ1n) is 9.99. The maximum Gasteiger partial charge on any atom is 0.257 e. The minimum Gasteiger partial charge on any atom is -0.497 e. The number of hydrogen-bond donors (Lipinski definition) is 0. The fourth-order valence-corrected chi connectivity index (χ4v) is 3.72. The third-order valence-electron chi connectivity index (χ3n) is 5.34. The van der Waals surface area contributed by atoms with E-state index in [9.17, 15) is 9.59 Å². The number of ether oxygens (including phenoxy) is 3. The molecule has 0 aromatic heterocycles. The summed E-state index contributed by atoms with van der Waals surface area (Å²) in [6.45, 7) is 6.83. The zero-order valence-corrected chi connectivity index (χ0v) is 17.0. The molecule has 7 heteroatoms. The molecule has 2 aliphatic rings. The Balaban J connectivity index is 1.76. The topological polar surface area (TPSA) is 68.3 Å². The molecule has 0 bridgehead atoms. The Kier molecular flexibility index (Phi) is 6.78. The summed E-state index contributed by atoms with van der Waals surface area (Å²) < 4.78 is 17.2. The molecule has 2 aliphatic heterocycles. The predicted octanol–water partition coefficient (Wildman–Crippen LogP) is 2.34. The molecule has 1 atom stereocenters. The van der Waals surface area contributed by atoms with Gasteiger partial charge in [-0.25, -0.2) is 0 Å². The van der Waals surface area contributed by atoms with Gasteiger partial charge in [-0.3, -0.25) is 9.59 Å². The number of carbonyl (C=O) groups excluding carboxylic acids is 2. The molecule has 1 aromatic carbocycles. The summed E-state index contributed by atoms with van der Waals surface area (Å²) in [5, 5.41) is 0. The van der Waals surface area contributed by atoms with Crippen LogP contribution < -0.4 is 9.47 Å². The molecule has 2 fully saturated rings. The minimum atomic E-state index is -0.0626. The lowest BCUT2D eigenvalue weighted by Gasteiger charge is -2.32. The van der Waals surface area contributed by atoms with Crippen LogP contribution in [0, 0.1) is 0 Å². The molecule has 7 nitrogen and oxygen atoms in total. The Labute approximate surface area is 166 Å². The van der Waals surface area contributed by atoms with E-state index in [1.807, 2.05) is 22.8 Å². The summed E-state index contributed by atoms with van der Waals surface area (Å²) in [5.41, 5.74) is 0.516. The maximum absolute atomic E-state index is 13.3. The lowest BCUT2D eigenvalue weighted by atomic mass is 10.1. The molecule has 0 radical (unpaired) electrons. The number of nitrogens with zero attached hydrogens (tertiary/aromatic N) is 2. The average Bonchev–Trinajstić information content (AvgIpc) is 2.92. The summed E-state index contributed by atoms with van der Waals surface area (Å²) in [6.07, 6.45) is 2.33. The summed E-state index contributed by atoms with van der Waals surface area (Å²) in [7, 11) is 1.59. The van der Waals surface area contributed by atoms with Crippen molar-refractivity contribution in [1.82, 2.24) is 9.80 Å². The molecule has 154 valence electrons. The van der Waals surface area contributed by atoms with Crippen LogP contribution in [0.2, 0.25) is 0 Å². The van der Waals surface area contributed by atoms with Gasteiger partial charge in [-0.05, 0) is 31.5 Å². The Morgan fingerprint density at radius 2 is 1.89 bits per heavy atom. The van der Waals surface area contributed by atoms with Gasteiger partial charge >= 0.3 is 0 Å². The number of piperidine rings is 1. The third-order valence-corrected chi connectivity index (χ3v) is 5.34. The van der Waals surface area contributed by atoms with Crippen molar-refractivity contribution in [1.29, 1.82) is 0 Å². The number of benzene rings is 1. The van der Waals surface area contributed by atoms with Crippen molar-refractivity contribution in [2.45, 2.75) is 45.3 Å². The molecular weight excluding hydrogens is 360 g/mol. The van der Waals surface area contributed by atoms with Crippen molar-refractivity contribution in [3.05, 3.63) is 23.8 Å². The first kappa shape index (κ1) is 20.5. The fourth-order valence-electron chi connectivity index (χ4n) is 3.72. The molecule has 0 saturated carbocycles. The molecule has 0 unspecified atom stereocenters. The maximum atomic E-state index is 13.3. The van der Waals surface area contributed by atoms with Gasteiger partial charge in [-0.15, -0.1) is 0 Å². The van der Waals surface area contributed by atoms with Gasteiger partial charge in [0.1, 0.15) is 17.6 Å². The lowest BCUT2D eigenvalue weighted by Crippen LogP contribution is -2.41. The minimum absolute atomic E-state index is 0.0114. The zero-order valence-electron chi connectivity index (χ0n) is 17.0. The largest absolute Gasteiger partial charge is 0.497 e. The molecule has 0 aliphatic carbocycles. The van der Waals surface area contributed by atoms with Crippen LogP contribution >= 0.6 is 0 Å². The Morgan fingerprint density at radius 3 is 2.57 bits per heavy atom. The molecular formula is C21H30N2O5. The van der Waals surface area contributed by atoms with Gasteiger partial charge in [0.2, 0.25) is 5.91 Å². The van der Waals surface area contributed by atoms with Crippen LogP contribution in [-0.2, 0) is 9.53 Å². The second kappa shape index (κ2) is 9.28. The van der Waals surface area contributed by atoms with Gasteiger partial charge in [0.25, 0.3) is 5.91 Å².